The van der Waals surface area contributed by atoms with Crippen LogP contribution in [-0.4, -0.2) is 5.75 Å². The van der Waals surface area contributed by atoms with E-state index in [2.05, 4.69) is 0 Å². The Morgan fingerprint density at radius 1 is 1.38 bits per heavy atom. The number of nitrogens with zero attached hydrogens (tertiary/aromatic N) is 1. The van der Waals surface area contributed by atoms with Gasteiger partial charge in [-0.1, -0.05) is 6.92 Å². The van der Waals surface area contributed by atoms with E-state index in [1.165, 1.54) is 17.8 Å². The molecule has 0 bridgehead atoms. The normalized spacial score (nSPS) is 11.2. The highest BCUT2D eigenvalue weighted by atomic mass is 32.2. The fourth-order valence-corrected chi connectivity index (χ4v) is 2.03. The molecule has 0 amide bonds. The van der Waals surface area contributed by atoms with Gasteiger partial charge >= 0.3 is 6.18 Å². The largest absolute Gasteiger partial charge is 0.416 e. The Morgan fingerprint density at radius 2 is 2.06 bits per heavy atom. The summed E-state index contributed by atoms with van der Waals surface area (Å²) in [7, 11) is 0. The molecule has 0 aliphatic carbocycles. The maximum absolute atomic E-state index is 12.4. The Hall–Kier alpha value is -1.15. The molecule has 0 N–H and O–H groups in total. The molecule has 0 atom stereocenters. The van der Waals surface area contributed by atoms with Gasteiger partial charge in [0.15, 0.2) is 0 Å². The molecule has 1 aromatic carbocycles. The maximum Gasteiger partial charge on any atom is 0.416 e. The van der Waals surface area contributed by atoms with E-state index in [0.29, 0.717) is 16.2 Å². The molecule has 0 radical (unpaired) electrons. The summed E-state index contributed by atoms with van der Waals surface area (Å²) in [5.41, 5.74) is -0.406. The number of nitriles is 1. The predicted molar refractivity (Wildman–Crippen MR) is 57.2 cm³/mol. The Kier molecular flexibility index (Phi) is 4.25. The summed E-state index contributed by atoms with van der Waals surface area (Å²) in [6.45, 7) is 1.94. The molecule has 0 unspecified atom stereocenters. The maximum atomic E-state index is 12.4. The summed E-state index contributed by atoms with van der Waals surface area (Å²) in [5, 5.41) is 8.77. The lowest BCUT2D eigenvalue weighted by Gasteiger charge is -2.09. The van der Waals surface area contributed by atoms with Gasteiger partial charge in [-0.2, -0.15) is 18.4 Å². The average Bonchev–Trinajstić information content (AvgIpc) is 2.24. The standard InChI is InChI=1S/C11H10F3NS/c1-2-5-16-10-6-9(11(12,13)14)4-3-8(10)7-15/h3-4,6H,2,5H2,1H3. The molecule has 5 heteroatoms. The number of thioether (sulfide) groups is 1. The summed E-state index contributed by atoms with van der Waals surface area (Å²) in [4.78, 5) is 0.402. The smallest absolute Gasteiger partial charge is 0.192 e. The van der Waals surface area contributed by atoms with Crippen molar-refractivity contribution < 1.29 is 13.2 Å². The van der Waals surface area contributed by atoms with Crippen molar-refractivity contribution in [2.24, 2.45) is 0 Å². The first-order valence-electron chi connectivity index (χ1n) is 4.73. The van der Waals surface area contributed by atoms with E-state index in [1.807, 2.05) is 13.0 Å². The first kappa shape index (κ1) is 12.9. The van der Waals surface area contributed by atoms with Crippen molar-refractivity contribution in [2.75, 3.05) is 5.75 Å². The van der Waals surface area contributed by atoms with Crippen molar-refractivity contribution >= 4 is 11.8 Å². The lowest BCUT2D eigenvalue weighted by atomic mass is 10.1. The third-order valence-corrected chi connectivity index (χ3v) is 3.15. The number of hydrogen-bond donors (Lipinski definition) is 0. The number of alkyl halides is 3. The van der Waals surface area contributed by atoms with Gasteiger partial charge in [0.1, 0.15) is 6.07 Å². The zero-order valence-corrected chi connectivity index (χ0v) is 9.45. The second kappa shape index (κ2) is 5.26. The number of hydrogen-bond acceptors (Lipinski definition) is 2. The second-order valence-corrected chi connectivity index (χ2v) is 4.31. The molecule has 0 spiro atoms. The Bertz CT molecular complexity index is 407. The van der Waals surface area contributed by atoms with Gasteiger partial charge in [0.05, 0.1) is 11.1 Å². The summed E-state index contributed by atoms with van der Waals surface area (Å²) >= 11 is 1.28. The van der Waals surface area contributed by atoms with E-state index in [9.17, 15) is 13.2 Å². The zero-order valence-electron chi connectivity index (χ0n) is 8.64. The highest BCUT2D eigenvalue weighted by Crippen LogP contribution is 2.33. The molecule has 1 rings (SSSR count). The van der Waals surface area contributed by atoms with Gasteiger partial charge in [0.2, 0.25) is 0 Å². The number of halogens is 3. The van der Waals surface area contributed by atoms with Gasteiger partial charge in [0.25, 0.3) is 0 Å². The van der Waals surface area contributed by atoms with Crippen LogP contribution in [-0.2, 0) is 6.18 Å². The quantitative estimate of drug-likeness (QED) is 0.749. The predicted octanol–water partition coefficient (Wildman–Crippen LogP) is 4.08. The van der Waals surface area contributed by atoms with Crippen molar-refractivity contribution in [3.8, 4) is 6.07 Å². The van der Waals surface area contributed by atoms with Crippen LogP contribution >= 0.6 is 11.8 Å². The summed E-state index contributed by atoms with van der Waals surface area (Å²) in [6, 6.07) is 5.10. The minimum Gasteiger partial charge on any atom is -0.192 e. The minimum absolute atomic E-state index is 0.298. The fourth-order valence-electron chi connectivity index (χ4n) is 1.12. The first-order chi connectivity index (χ1) is 7.49. The van der Waals surface area contributed by atoms with Crippen LogP contribution in [0.15, 0.2) is 23.1 Å². The Balaban J connectivity index is 3.07. The highest BCUT2D eigenvalue weighted by Gasteiger charge is 2.30. The van der Waals surface area contributed by atoms with Crippen LogP contribution in [0, 0.1) is 11.3 Å². The van der Waals surface area contributed by atoms with Crippen LogP contribution in [0.4, 0.5) is 13.2 Å². The molecular formula is C11H10F3NS. The van der Waals surface area contributed by atoms with Crippen LogP contribution < -0.4 is 0 Å². The number of benzene rings is 1. The molecule has 86 valence electrons. The topological polar surface area (TPSA) is 23.8 Å². The Morgan fingerprint density at radius 3 is 2.56 bits per heavy atom. The molecule has 0 fully saturated rings. The molecule has 1 aromatic rings. The fraction of sp³-hybridized carbons (Fsp3) is 0.364. The van der Waals surface area contributed by atoms with E-state index in [-0.39, 0.29) is 0 Å². The third kappa shape index (κ3) is 3.17. The minimum atomic E-state index is -4.35. The molecule has 16 heavy (non-hydrogen) atoms. The molecule has 0 aliphatic heterocycles. The van der Waals surface area contributed by atoms with Crippen molar-refractivity contribution in [2.45, 2.75) is 24.4 Å². The summed E-state index contributed by atoms with van der Waals surface area (Å²) in [6.07, 6.45) is -3.50. The van der Waals surface area contributed by atoms with Gasteiger partial charge in [-0.05, 0) is 30.4 Å². The van der Waals surface area contributed by atoms with Crippen LogP contribution in [0.3, 0.4) is 0 Å². The lowest BCUT2D eigenvalue weighted by molar-refractivity contribution is -0.137. The SMILES string of the molecule is CCCSc1cc(C(F)(F)F)ccc1C#N. The van der Waals surface area contributed by atoms with Crippen molar-refractivity contribution in [1.29, 1.82) is 5.26 Å². The van der Waals surface area contributed by atoms with Gasteiger partial charge in [0, 0.05) is 4.90 Å². The zero-order chi connectivity index (χ0) is 12.2. The van der Waals surface area contributed by atoms with Crippen LogP contribution in [0.2, 0.25) is 0 Å². The van der Waals surface area contributed by atoms with Gasteiger partial charge in [-0.3, -0.25) is 0 Å². The van der Waals surface area contributed by atoms with Crippen molar-refractivity contribution in [3.63, 3.8) is 0 Å². The Labute approximate surface area is 96.3 Å². The van der Waals surface area contributed by atoms with E-state index in [4.69, 9.17) is 5.26 Å². The summed E-state index contributed by atoms with van der Waals surface area (Å²) in [5.74, 6) is 0.704. The van der Waals surface area contributed by atoms with Crippen molar-refractivity contribution in [3.05, 3.63) is 29.3 Å². The van der Waals surface area contributed by atoms with E-state index in [0.717, 1.165) is 18.6 Å². The van der Waals surface area contributed by atoms with Crippen LogP contribution in [0.25, 0.3) is 0 Å². The molecular weight excluding hydrogens is 235 g/mol. The average molecular weight is 245 g/mol. The van der Waals surface area contributed by atoms with E-state index < -0.39 is 11.7 Å². The van der Waals surface area contributed by atoms with Crippen LogP contribution in [0.5, 0.6) is 0 Å². The van der Waals surface area contributed by atoms with E-state index >= 15 is 0 Å². The van der Waals surface area contributed by atoms with Gasteiger partial charge in [-0.15, -0.1) is 11.8 Å². The van der Waals surface area contributed by atoms with E-state index in [1.54, 1.807) is 0 Å². The third-order valence-electron chi connectivity index (χ3n) is 1.89. The monoisotopic (exact) mass is 245 g/mol. The molecule has 0 saturated carbocycles. The van der Waals surface area contributed by atoms with Crippen LogP contribution in [0.1, 0.15) is 24.5 Å². The lowest BCUT2D eigenvalue weighted by Crippen LogP contribution is -2.05. The van der Waals surface area contributed by atoms with Crippen molar-refractivity contribution in [1.82, 2.24) is 0 Å². The highest BCUT2D eigenvalue weighted by molar-refractivity contribution is 7.99. The molecule has 0 aliphatic rings. The molecule has 1 nitrogen and oxygen atoms in total. The summed E-state index contributed by atoms with van der Waals surface area (Å²) < 4.78 is 37.3. The van der Waals surface area contributed by atoms with Gasteiger partial charge < -0.3 is 0 Å². The molecule has 0 saturated heterocycles. The molecule has 0 aromatic heterocycles. The van der Waals surface area contributed by atoms with Gasteiger partial charge in [-0.25, -0.2) is 0 Å². The second-order valence-electron chi connectivity index (χ2n) is 3.17. The molecule has 0 heterocycles. The first-order valence-corrected chi connectivity index (χ1v) is 5.71. The number of rotatable bonds is 3.